The van der Waals surface area contributed by atoms with Gasteiger partial charge < -0.3 is 10.3 Å². The predicted octanol–water partition coefficient (Wildman–Crippen LogP) is 0.264. The molecule has 6 heteroatoms. The molecule has 1 atom stereocenters. The number of amides is 2. The average molecular weight is 256 g/mol. The number of carbonyl (C=O) groups excluding carboxylic acids is 3. The van der Waals surface area contributed by atoms with E-state index < -0.39 is 17.2 Å². The van der Waals surface area contributed by atoms with E-state index in [-0.39, 0.29) is 12.0 Å². The highest BCUT2D eigenvalue weighted by Gasteiger charge is 2.35. The van der Waals surface area contributed by atoms with E-state index in [0.717, 1.165) is 4.90 Å². The van der Waals surface area contributed by atoms with Crippen molar-refractivity contribution in [1.82, 2.24) is 4.90 Å². The van der Waals surface area contributed by atoms with Crippen LogP contribution in [0.25, 0.3) is 0 Å². The summed E-state index contributed by atoms with van der Waals surface area (Å²) in [7, 11) is 0. The van der Waals surface area contributed by atoms with Crippen molar-refractivity contribution in [3.8, 4) is 0 Å². The number of hydrogen-bond acceptors (Lipinski definition) is 3. The summed E-state index contributed by atoms with van der Waals surface area (Å²) in [6.07, 6.45) is 0.505. The molecule has 1 aliphatic heterocycles. The molecule has 0 aromatic heterocycles. The van der Waals surface area contributed by atoms with Crippen LogP contribution in [0.15, 0.2) is 24.3 Å². The van der Waals surface area contributed by atoms with Gasteiger partial charge in [0.2, 0.25) is 0 Å². The molecule has 5 nitrogen and oxygen atoms in total. The highest BCUT2D eigenvalue weighted by molar-refractivity contribution is 6.29. The minimum Gasteiger partial charge on any atom is -0.412 e. The van der Waals surface area contributed by atoms with Gasteiger partial charge in [-0.1, -0.05) is 12.1 Å². The van der Waals surface area contributed by atoms with E-state index in [1.807, 2.05) is 0 Å². The van der Waals surface area contributed by atoms with Crippen molar-refractivity contribution < 1.29 is 19.9 Å². The Bertz CT molecular complexity index is 439. The summed E-state index contributed by atoms with van der Waals surface area (Å²) in [5.74, 6) is -0.791. The third kappa shape index (κ3) is 2.20. The first-order valence-electron chi connectivity index (χ1n) is 4.69. The minimum absolute atomic E-state index is 0. The molecule has 2 amide bonds. The fourth-order valence-electron chi connectivity index (χ4n) is 1.62. The zero-order valence-corrected chi connectivity index (χ0v) is 9.48. The lowest BCUT2D eigenvalue weighted by atomic mass is 10.1. The van der Waals surface area contributed by atoms with Gasteiger partial charge in [-0.3, -0.25) is 14.5 Å². The molecule has 1 aromatic carbocycles. The zero-order valence-electron chi connectivity index (χ0n) is 8.72. The molecule has 1 aromatic rings. The molecule has 17 heavy (non-hydrogen) atoms. The number of halogens is 1. The Kier molecular flexibility index (Phi) is 3.98. The van der Waals surface area contributed by atoms with E-state index in [9.17, 15) is 14.4 Å². The van der Waals surface area contributed by atoms with Crippen molar-refractivity contribution in [1.29, 1.82) is 0 Å². The maximum absolute atomic E-state index is 11.8. The highest BCUT2D eigenvalue weighted by atomic mass is 35.5. The van der Waals surface area contributed by atoms with Crippen LogP contribution in [-0.4, -0.2) is 40.4 Å². The molecule has 0 spiro atoms. The van der Waals surface area contributed by atoms with Gasteiger partial charge in [0.15, 0.2) is 0 Å². The Morgan fingerprint density at radius 3 is 2.06 bits per heavy atom. The fraction of sp³-hybridized carbons (Fsp3) is 0.182. The van der Waals surface area contributed by atoms with Crippen molar-refractivity contribution in [2.75, 3.05) is 6.54 Å². The van der Waals surface area contributed by atoms with Gasteiger partial charge in [0.05, 0.1) is 17.7 Å². The van der Waals surface area contributed by atoms with Crippen molar-refractivity contribution in [2.24, 2.45) is 0 Å². The van der Waals surface area contributed by atoms with Gasteiger partial charge in [0.1, 0.15) is 11.7 Å². The van der Waals surface area contributed by atoms with Gasteiger partial charge in [0, 0.05) is 0 Å². The van der Waals surface area contributed by atoms with Crippen molar-refractivity contribution >= 4 is 29.7 Å². The second-order valence-electron chi connectivity index (χ2n) is 3.42. The predicted molar refractivity (Wildman–Crippen MR) is 61.1 cm³/mol. The first-order valence-corrected chi connectivity index (χ1v) is 5.13. The average Bonchev–Trinajstić information content (AvgIpc) is 2.55. The number of carbonyl (C=O) groups is 3. The molecule has 0 bridgehead atoms. The molecule has 2 N–H and O–H groups in total. The summed E-state index contributed by atoms with van der Waals surface area (Å²) in [6.45, 7) is -0.0859. The summed E-state index contributed by atoms with van der Waals surface area (Å²) >= 11 is 5.60. The van der Waals surface area contributed by atoms with E-state index in [2.05, 4.69) is 0 Å². The number of fused-ring (bicyclic) bond motifs is 1. The first kappa shape index (κ1) is 13.3. The van der Waals surface area contributed by atoms with Crippen LogP contribution in [0.4, 0.5) is 0 Å². The molecule has 0 fully saturated rings. The monoisotopic (exact) mass is 255 g/mol. The maximum Gasteiger partial charge on any atom is 0.261 e. The van der Waals surface area contributed by atoms with Crippen LogP contribution in [-0.2, 0) is 4.79 Å². The topological polar surface area (TPSA) is 85.9 Å². The van der Waals surface area contributed by atoms with E-state index in [1.54, 1.807) is 24.3 Å². The second kappa shape index (κ2) is 5.07. The SMILES string of the molecule is O.O=CC(Cl)CN1C(=O)c2ccccc2C1=O. The Balaban J connectivity index is 0.00000144. The molecule has 0 radical (unpaired) electrons. The van der Waals surface area contributed by atoms with Crippen LogP contribution in [0, 0.1) is 0 Å². The molecular formula is C11H10ClNO4. The Labute approximate surface area is 102 Å². The quantitative estimate of drug-likeness (QED) is 0.441. The van der Waals surface area contributed by atoms with Gasteiger partial charge >= 0.3 is 0 Å². The molecule has 1 unspecified atom stereocenters. The van der Waals surface area contributed by atoms with Crippen LogP contribution < -0.4 is 0 Å². The van der Waals surface area contributed by atoms with Crippen LogP contribution in [0.2, 0.25) is 0 Å². The smallest absolute Gasteiger partial charge is 0.261 e. The number of benzene rings is 1. The third-order valence-electron chi connectivity index (χ3n) is 2.38. The zero-order chi connectivity index (χ0) is 11.7. The van der Waals surface area contributed by atoms with Crippen molar-refractivity contribution in [3.63, 3.8) is 0 Å². The Morgan fingerprint density at radius 1 is 1.18 bits per heavy atom. The molecule has 1 heterocycles. The van der Waals surface area contributed by atoms with E-state index in [1.165, 1.54) is 0 Å². The molecule has 90 valence electrons. The van der Waals surface area contributed by atoms with E-state index in [0.29, 0.717) is 17.4 Å². The van der Waals surface area contributed by atoms with Gasteiger partial charge in [-0.15, -0.1) is 11.6 Å². The number of rotatable bonds is 3. The fourth-order valence-corrected chi connectivity index (χ4v) is 1.76. The number of aldehydes is 1. The summed E-state index contributed by atoms with van der Waals surface area (Å²) in [4.78, 5) is 35.0. The molecular weight excluding hydrogens is 246 g/mol. The van der Waals surface area contributed by atoms with Gasteiger partial charge in [-0.05, 0) is 12.1 Å². The molecule has 0 saturated carbocycles. The highest BCUT2D eigenvalue weighted by Crippen LogP contribution is 2.22. The standard InChI is InChI=1S/C11H8ClNO3.H2O/c12-7(6-14)5-13-10(15)8-3-1-2-4-9(8)11(13)16;/h1-4,6-7H,5H2;1H2. The summed E-state index contributed by atoms with van der Waals surface area (Å²) in [6, 6.07) is 6.54. The number of nitrogens with zero attached hydrogens (tertiary/aromatic N) is 1. The molecule has 1 aliphatic rings. The molecule has 2 rings (SSSR count). The van der Waals surface area contributed by atoms with Crippen molar-refractivity contribution in [2.45, 2.75) is 5.38 Å². The lowest BCUT2D eigenvalue weighted by Gasteiger charge is -2.13. The number of hydrogen-bond donors (Lipinski definition) is 0. The molecule has 0 aliphatic carbocycles. The second-order valence-corrected chi connectivity index (χ2v) is 3.98. The van der Waals surface area contributed by atoms with Crippen LogP contribution in [0.3, 0.4) is 0 Å². The summed E-state index contributed by atoms with van der Waals surface area (Å²) in [5, 5.41) is -0.859. The number of alkyl halides is 1. The Hall–Kier alpha value is -1.72. The first-order chi connectivity index (χ1) is 7.65. The maximum atomic E-state index is 11.8. The molecule has 0 saturated heterocycles. The number of imide groups is 1. The lowest BCUT2D eigenvalue weighted by Crippen LogP contribution is -2.35. The van der Waals surface area contributed by atoms with Gasteiger partial charge in [-0.2, -0.15) is 0 Å². The summed E-state index contributed by atoms with van der Waals surface area (Å²) < 4.78 is 0. The lowest BCUT2D eigenvalue weighted by molar-refractivity contribution is -0.107. The minimum atomic E-state index is -0.859. The largest absolute Gasteiger partial charge is 0.412 e. The van der Waals surface area contributed by atoms with Crippen LogP contribution >= 0.6 is 11.6 Å². The third-order valence-corrected chi connectivity index (χ3v) is 2.62. The van der Waals surface area contributed by atoms with E-state index in [4.69, 9.17) is 11.6 Å². The van der Waals surface area contributed by atoms with E-state index >= 15 is 0 Å². The Morgan fingerprint density at radius 2 is 1.65 bits per heavy atom. The van der Waals surface area contributed by atoms with Crippen LogP contribution in [0.5, 0.6) is 0 Å². The van der Waals surface area contributed by atoms with Crippen LogP contribution in [0.1, 0.15) is 20.7 Å². The van der Waals surface area contributed by atoms with Gasteiger partial charge in [0.25, 0.3) is 11.8 Å². The van der Waals surface area contributed by atoms with Crippen molar-refractivity contribution in [3.05, 3.63) is 35.4 Å². The summed E-state index contributed by atoms with van der Waals surface area (Å²) in [5.41, 5.74) is 0.726. The normalized spacial score (nSPS) is 15.2. The van der Waals surface area contributed by atoms with Gasteiger partial charge in [-0.25, -0.2) is 0 Å².